The molecule has 0 aromatic rings. The molecule has 2 N–H and O–H groups in total. The third-order valence-electron chi connectivity index (χ3n) is 11.4. The van der Waals surface area contributed by atoms with Crippen molar-refractivity contribution < 1.29 is 37.3 Å². The predicted octanol–water partition coefficient (Wildman–Crippen LogP) is 15.7. The van der Waals surface area contributed by atoms with E-state index in [0.717, 1.165) is 89.9 Å². The topological polar surface area (TPSA) is 111 Å². The summed E-state index contributed by atoms with van der Waals surface area (Å²) in [5.41, 5.74) is 0. The average molecular weight is 946 g/mol. The van der Waals surface area contributed by atoms with E-state index >= 15 is 0 Å². The maximum atomic E-state index is 13.4. The molecule has 9 nitrogen and oxygen atoms in total. The van der Waals surface area contributed by atoms with Crippen molar-refractivity contribution in [2.24, 2.45) is 0 Å². The van der Waals surface area contributed by atoms with Crippen LogP contribution in [-0.2, 0) is 27.9 Å². The van der Waals surface area contributed by atoms with Gasteiger partial charge in [-0.15, -0.1) is 0 Å². The van der Waals surface area contributed by atoms with Crippen LogP contribution in [0.5, 0.6) is 0 Å². The molecule has 0 saturated carbocycles. The van der Waals surface area contributed by atoms with Gasteiger partial charge < -0.3 is 19.4 Å². The van der Waals surface area contributed by atoms with Crippen LogP contribution < -0.4 is 5.32 Å². The molecule has 3 atom stereocenters. The fourth-order valence-electron chi connectivity index (χ4n) is 7.15. The zero-order valence-corrected chi connectivity index (χ0v) is 44.3. The van der Waals surface area contributed by atoms with Crippen molar-refractivity contribution >= 4 is 19.7 Å². The van der Waals surface area contributed by atoms with E-state index in [1.807, 2.05) is 33.3 Å². The summed E-state index contributed by atoms with van der Waals surface area (Å²) in [6, 6.07) is -0.880. The van der Waals surface area contributed by atoms with Gasteiger partial charge in [-0.2, -0.15) is 0 Å². The number of nitrogens with zero attached hydrogens (tertiary/aromatic N) is 1. The summed E-state index contributed by atoms with van der Waals surface area (Å²) in [5.74, 6) is -0.587. The number of nitrogens with one attached hydrogen (secondary N) is 1. The SMILES string of the molecule is CCCC/C=C\CCCCCCCC(=O)OC(/C=C\CCCCCCCCCCCC)C(COP(=O)(O)OCC[N+](C)(C)C)NC(=O)CCC/C=C\C/C=C\C/C=C\C/C=C\CCCCC. The van der Waals surface area contributed by atoms with Gasteiger partial charge in [-0.05, 0) is 89.5 Å². The van der Waals surface area contributed by atoms with Crippen LogP contribution in [-0.4, -0.2) is 74.3 Å². The van der Waals surface area contributed by atoms with Gasteiger partial charge in [0.2, 0.25) is 5.91 Å². The first kappa shape index (κ1) is 63.5. The standard InChI is InChI=1S/C56H101N2O7P/c1-7-10-13-16-19-22-25-27-28-29-30-31-34-36-39-42-45-48-55(59)57-53(52-64-66(61,62)63-51-50-58(4,5)6)54(47-44-41-38-35-33-26-23-20-17-14-11-8-2)65-56(60)49-46-43-40-37-32-24-21-18-15-12-9-3/h18-19,21-22,27-28,30-31,36,39,44,47,53-54H,7-17,20,23-26,29,32-35,37-38,40-43,45-46,48-52H2,1-6H3,(H-,57,59,61,62)/p+1/b21-18-,22-19-,28-27-,31-30-,39-36-,47-44-. The number of hydrogen-bond acceptors (Lipinski definition) is 6. The molecule has 0 aliphatic carbocycles. The molecule has 382 valence electrons. The Labute approximate surface area is 406 Å². The number of ether oxygens (including phenoxy) is 1. The number of esters is 1. The molecule has 66 heavy (non-hydrogen) atoms. The highest BCUT2D eigenvalue weighted by Crippen LogP contribution is 2.43. The summed E-state index contributed by atoms with van der Waals surface area (Å²) in [7, 11) is 1.45. The number of phosphoric ester groups is 1. The summed E-state index contributed by atoms with van der Waals surface area (Å²) < 4.78 is 30.5. The number of carbonyl (C=O) groups excluding carboxylic acids is 2. The third kappa shape index (κ3) is 46.6. The van der Waals surface area contributed by atoms with Crippen molar-refractivity contribution in [2.45, 2.75) is 232 Å². The Kier molecular flexibility index (Phi) is 44.4. The van der Waals surface area contributed by atoms with Crippen LogP contribution in [0.3, 0.4) is 0 Å². The third-order valence-corrected chi connectivity index (χ3v) is 12.4. The molecule has 0 aromatic carbocycles. The lowest BCUT2D eigenvalue weighted by Gasteiger charge is -2.27. The quantitative estimate of drug-likeness (QED) is 0.0205. The minimum Gasteiger partial charge on any atom is -0.456 e. The molecule has 0 aliphatic rings. The molecule has 0 aromatic heterocycles. The van der Waals surface area contributed by atoms with Gasteiger partial charge in [-0.25, -0.2) is 4.57 Å². The van der Waals surface area contributed by atoms with Gasteiger partial charge in [0.25, 0.3) is 0 Å². The van der Waals surface area contributed by atoms with Crippen molar-refractivity contribution in [1.82, 2.24) is 5.32 Å². The second-order valence-corrected chi connectivity index (χ2v) is 20.5. The van der Waals surface area contributed by atoms with Gasteiger partial charge in [-0.3, -0.25) is 18.6 Å². The van der Waals surface area contributed by atoms with E-state index in [2.05, 4.69) is 86.8 Å². The molecule has 0 spiro atoms. The monoisotopic (exact) mass is 946 g/mol. The maximum absolute atomic E-state index is 13.4. The van der Waals surface area contributed by atoms with E-state index in [4.69, 9.17) is 13.8 Å². The summed E-state index contributed by atoms with van der Waals surface area (Å²) in [5, 5.41) is 3.00. The number of hydrogen-bond donors (Lipinski definition) is 2. The van der Waals surface area contributed by atoms with Crippen LogP contribution in [0.2, 0.25) is 0 Å². The van der Waals surface area contributed by atoms with Crippen LogP contribution in [0.4, 0.5) is 0 Å². The smallest absolute Gasteiger partial charge is 0.456 e. The molecular weight excluding hydrogens is 844 g/mol. The summed E-state index contributed by atoms with van der Waals surface area (Å²) >= 11 is 0. The summed E-state index contributed by atoms with van der Waals surface area (Å²) in [4.78, 5) is 37.4. The fraction of sp³-hybridized carbons (Fsp3) is 0.750. The Morgan fingerprint density at radius 3 is 1.50 bits per heavy atom. The molecule has 0 aliphatic heterocycles. The molecule has 0 rings (SSSR count). The van der Waals surface area contributed by atoms with Gasteiger partial charge in [-0.1, -0.05) is 190 Å². The zero-order valence-electron chi connectivity index (χ0n) is 43.4. The first-order valence-electron chi connectivity index (χ1n) is 26.8. The summed E-state index contributed by atoms with van der Waals surface area (Å²) in [6.45, 7) is 6.87. The lowest BCUT2D eigenvalue weighted by atomic mass is 10.1. The van der Waals surface area contributed by atoms with Crippen LogP contribution in [0, 0.1) is 0 Å². The van der Waals surface area contributed by atoms with Gasteiger partial charge in [0, 0.05) is 12.8 Å². The van der Waals surface area contributed by atoms with Crippen molar-refractivity contribution in [1.29, 1.82) is 0 Å². The molecule has 0 radical (unpaired) electrons. The number of carbonyl (C=O) groups is 2. The van der Waals surface area contributed by atoms with Crippen molar-refractivity contribution in [3.63, 3.8) is 0 Å². The lowest BCUT2D eigenvalue weighted by Crippen LogP contribution is -2.47. The van der Waals surface area contributed by atoms with E-state index in [0.29, 0.717) is 17.4 Å². The predicted molar refractivity (Wildman–Crippen MR) is 281 cm³/mol. The second kappa shape index (κ2) is 46.2. The van der Waals surface area contributed by atoms with Crippen molar-refractivity contribution in [3.05, 3.63) is 72.9 Å². The number of allylic oxidation sites excluding steroid dienone is 11. The van der Waals surface area contributed by atoms with E-state index < -0.39 is 20.0 Å². The Hall–Kier alpha value is -2.55. The molecule has 10 heteroatoms. The first-order valence-corrected chi connectivity index (χ1v) is 28.3. The minimum atomic E-state index is -4.46. The van der Waals surface area contributed by atoms with Crippen LogP contribution in [0.15, 0.2) is 72.9 Å². The van der Waals surface area contributed by atoms with Crippen LogP contribution in [0.1, 0.15) is 220 Å². The highest BCUT2D eigenvalue weighted by molar-refractivity contribution is 7.47. The lowest BCUT2D eigenvalue weighted by molar-refractivity contribution is -0.870. The second-order valence-electron chi connectivity index (χ2n) is 19.0. The van der Waals surface area contributed by atoms with Gasteiger partial charge in [0.15, 0.2) is 0 Å². The molecule has 0 bridgehead atoms. The van der Waals surface area contributed by atoms with E-state index in [9.17, 15) is 19.0 Å². The number of rotatable bonds is 47. The first-order chi connectivity index (χ1) is 31.9. The van der Waals surface area contributed by atoms with Crippen LogP contribution >= 0.6 is 7.82 Å². The van der Waals surface area contributed by atoms with Crippen molar-refractivity contribution in [2.75, 3.05) is 40.9 Å². The number of phosphoric acid groups is 1. The van der Waals surface area contributed by atoms with Crippen molar-refractivity contribution in [3.8, 4) is 0 Å². The highest BCUT2D eigenvalue weighted by atomic mass is 31.2. The fourth-order valence-corrected chi connectivity index (χ4v) is 7.88. The Morgan fingerprint density at radius 1 is 0.530 bits per heavy atom. The van der Waals surface area contributed by atoms with Gasteiger partial charge >= 0.3 is 13.8 Å². The Bertz CT molecular complexity index is 1370. The Morgan fingerprint density at radius 2 is 0.955 bits per heavy atom. The van der Waals surface area contributed by atoms with E-state index in [1.54, 1.807) is 0 Å². The number of quaternary nitrogens is 1. The Balaban J connectivity index is 5.51. The molecule has 0 fully saturated rings. The number of unbranched alkanes of at least 4 members (excludes halogenated alkanes) is 21. The maximum Gasteiger partial charge on any atom is 0.472 e. The molecule has 0 saturated heterocycles. The molecular formula is C56H102N2O7P+. The molecule has 1 amide bonds. The molecule has 0 heterocycles. The van der Waals surface area contributed by atoms with Gasteiger partial charge in [0.05, 0.1) is 33.8 Å². The average Bonchev–Trinajstić information content (AvgIpc) is 3.27. The van der Waals surface area contributed by atoms with E-state index in [1.165, 1.54) is 89.9 Å². The molecule has 3 unspecified atom stereocenters. The summed E-state index contributed by atoms with van der Waals surface area (Å²) in [6.07, 6.45) is 57.6. The number of likely N-dealkylation sites (N-methyl/N-ethyl adjacent to an activating group) is 1. The van der Waals surface area contributed by atoms with E-state index in [-0.39, 0.29) is 37.9 Å². The highest BCUT2D eigenvalue weighted by Gasteiger charge is 2.30. The van der Waals surface area contributed by atoms with Gasteiger partial charge in [0.1, 0.15) is 19.3 Å². The normalized spacial score (nSPS) is 14.5. The minimum absolute atomic E-state index is 0.0264. The number of amides is 1. The van der Waals surface area contributed by atoms with Crippen LogP contribution in [0.25, 0.3) is 0 Å². The zero-order chi connectivity index (χ0) is 48.7. The largest absolute Gasteiger partial charge is 0.472 e.